The molecule has 42 heavy (non-hydrogen) atoms. The van der Waals surface area contributed by atoms with Gasteiger partial charge in [0.15, 0.2) is 5.82 Å². The number of hydrogen-bond donors (Lipinski definition) is 2. The minimum atomic E-state index is -1.44. The van der Waals surface area contributed by atoms with Gasteiger partial charge in [0.2, 0.25) is 17.7 Å². The summed E-state index contributed by atoms with van der Waals surface area (Å²) in [5, 5.41) is 2.86. The van der Waals surface area contributed by atoms with Gasteiger partial charge in [0.25, 0.3) is 0 Å². The Bertz CT molecular complexity index is 1680. The second-order valence-corrected chi connectivity index (χ2v) is 10.4. The Kier molecular flexibility index (Phi) is 8.26. The van der Waals surface area contributed by atoms with Gasteiger partial charge in [-0.15, -0.1) is 0 Å². The maximum Gasteiger partial charge on any atom is 0.248 e. The van der Waals surface area contributed by atoms with Crippen LogP contribution in [0.2, 0.25) is 5.02 Å². The van der Waals surface area contributed by atoms with Crippen LogP contribution in [0.15, 0.2) is 73.1 Å². The van der Waals surface area contributed by atoms with E-state index in [1.165, 1.54) is 18.2 Å². The zero-order valence-electron chi connectivity index (χ0n) is 22.5. The van der Waals surface area contributed by atoms with Crippen molar-refractivity contribution in [1.29, 1.82) is 0 Å². The van der Waals surface area contributed by atoms with Crippen molar-refractivity contribution in [1.82, 2.24) is 14.9 Å². The maximum absolute atomic E-state index is 15.4. The Hall–Kier alpha value is -4.70. The molecule has 1 aliphatic rings. The van der Waals surface area contributed by atoms with E-state index in [2.05, 4.69) is 15.3 Å². The van der Waals surface area contributed by atoms with Crippen LogP contribution < -0.4 is 11.1 Å². The van der Waals surface area contributed by atoms with Gasteiger partial charge in [0, 0.05) is 46.1 Å². The third-order valence-electron chi connectivity index (χ3n) is 7.04. The van der Waals surface area contributed by atoms with Crippen LogP contribution in [0, 0.1) is 12.7 Å². The monoisotopic (exact) mass is 589 g/mol. The largest absolute Gasteiger partial charge is 0.366 e. The van der Waals surface area contributed by atoms with E-state index in [4.69, 9.17) is 17.3 Å². The molecule has 8 nitrogen and oxygen atoms in total. The summed E-state index contributed by atoms with van der Waals surface area (Å²) >= 11 is 6.24. The van der Waals surface area contributed by atoms with Gasteiger partial charge in [-0.05, 0) is 42.3 Å². The zero-order chi connectivity index (χ0) is 30.0. The van der Waals surface area contributed by atoms with E-state index in [0.717, 1.165) is 4.90 Å². The predicted molar refractivity (Wildman–Crippen MR) is 155 cm³/mol. The van der Waals surface area contributed by atoms with Crippen LogP contribution in [0.5, 0.6) is 0 Å². The number of amides is 3. The molecule has 0 unspecified atom stereocenters. The van der Waals surface area contributed by atoms with Gasteiger partial charge >= 0.3 is 0 Å². The number of likely N-dealkylation sites (tertiary alicyclic amines) is 1. The van der Waals surface area contributed by atoms with Gasteiger partial charge in [-0.2, -0.15) is 0 Å². The minimum Gasteiger partial charge on any atom is -0.366 e. The van der Waals surface area contributed by atoms with Crippen molar-refractivity contribution in [3.8, 4) is 22.3 Å². The SMILES string of the molecule is Cc1ncc(-c2cc(CC(=O)N3C[C@H](F)C[C@H]3C(=O)Nc3cccc(-c4ccccc4Cl)c3F)cc(C(N)=O)c2)cn1. The molecule has 2 heterocycles. The topological polar surface area (TPSA) is 118 Å². The number of aryl methyl sites for hydroxylation is 1. The lowest BCUT2D eigenvalue weighted by molar-refractivity contribution is -0.136. The van der Waals surface area contributed by atoms with E-state index in [1.807, 2.05) is 0 Å². The molecule has 0 saturated carbocycles. The molecule has 0 bridgehead atoms. The molecule has 1 saturated heterocycles. The Balaban J connectivity index is 1.37. The van der Waals surface area contributed by atoms with E-state index in [-0.39, 0.29) is 36.2 Å². The number of benzene rings is 3. The summed E-state index contributed by atoms with van der Waals surface area (Å²) in [5.74, 6) is -2.09. The molecule has 1 aliphatic heterocycles. The standard InChI is InChI=1S/C31H26ClF2N5O3/c1-17-36-14-21(15-37-17)19-9-18(10-20(12-19)30(35)41)11-28(40)39-16-22(33)13-27(39)31(42)38-26-8-4-6-24(29(26)34)23-5-2-3-7-25(23)32/h2-10,12,14-15,22,27H,11,13,16H2,1H3,(H2,35,41)(H,38,42)/t22-,27+/m1/s1. The van der Waals surface area contributed by atoms with Crippen LogP contribution in [0.1, 0.15) is 28.2 Å². The average Bonchev–Trinajstić information content (AvgIpc) is 3.37. The highest BCUT2D eigenvalue weighted by atomic mass is 35.5. The molecule has 2 atom stereocenters. The number of anilines is 1. The lowest BCUT2D eigenvalue weighted by atomic mass is 9.99. The molecule has 4 aromatic rings. The first kappa shape index (κ1) is 28.8. The number of hydrogen-bond acceptors (Lipinski definition) is 5. The minimum absolute atomic E-state index is 0.119. The van der Waals surface area contributed by atoms with Crippen molar-refractivity contribution >= 4 is 35.0 Å². The van der Waals surface area contributed by atoms with Crippen molar-refractivity contribution in [2.24, 2.45) is 5.73 Å². The smallest absolute Gasteiger partial charge is 0.248 e. The van der Waals surface area contributed by atoms with Gasteiger partial charge < -0.3 is 16.0 Å². The third-order valence-corrected chi connectivity index (χ3v) is 7.37. The second-order valence-electron chi connectivity index (χ2n) is 10.0. The van der Waals surface area contributed by atoms with E-state index >= 15 is 4.39 Å². The molecule has 11 heteroatoms. The van der Waals surface area contributed by atoms with Gasteiger partial charge in [0.05, 0.1) is 18.7 Å². The molecule has 0 aliphatic carbocycles. The highest BCUT2D eigenvalue weighted by Crippen LogP contribution is 2.33. The summed E-state index contributed by atoms with van der Waals surface area (Å²) in [4.78, 5) is 48.1. The summed E-state index contributed by atoms with van der Waals surface area (Å²) < 4.78 is 30.0. The highest BCUT2D eigenvalue weighted by Gasteiger charge is 2.40. The predicted octanol–water partition coefficient (Wildman–Crippen LogP) is 5.13. The van der Waals surface area contributed by atoms with Crippen LogP contribution in [0.4, 0.5) is 14.5 Å². The van der Waals surface area contributed by atoms with E-state index in [1.54, 1.807) is 61.8 Å². The van der Waals surface area contributed by atoms with Crippen LogP contribution in [0.3, 0.4) is 0 Å². The first-order valence-corrected chi connectivity index (χ1v) is 13.5. The van der Waals surface area contributed by atoms with Crippen molar-refractivity contribution in [3.05, 3.63) is 101 Å². The molecular weight excluding hydrogens is 564 g/mol. The number of alkyl halides is 1. The van der Waals surface area contributed by atoms with Crippen molar-refractivity contribution < 1.29 is 23.2 Å². The van der Waals surface area contributed by atoms with Gasteiger partial charge in [0.1, 0.15) is 18.0 Å². The molecule has 0 spiro atoms. The number of carbonyl (C=O) groups is 3. The van der Waals surface area contributed by atoms with E-state index < -0.39 is 35.8 Å². The highest BCUT2D eigenvalue weighted by molar-refractivity contribution is 6.33. The lowest BCUT2D eigenvalue weighted by Crippen LogP contribution is -2.44. The zero-order valence-corrected chi connectivity index (χ0v) is 23.2. The van der Waals surface area contributed by atoms with E-state index in [0.29, 0.717) is 33.1 Å². The maximum atomic E-state index is 15.4. The van der Waals surface area contributed by atoms with Crippen LogP contribution >= 0.6 is 11.6 Å². The molecule has 5 rings (SSSR count). The molecule has 3 aromatic carbocycles. The van der Waals surface area contributed by atoms with E-state index in [9.17, 15) is 18.8 Å². The Labute approximate surface area is 245 Å². The summed E-state index contributed by atoms with van der Waals surface area (Å²) in [7, 11) is 0. The lowest BCUT2D eigenvalue weighted by Gasteiger charge is -2.24. The number of halogens is 3. The van der Waals surface area contributed by atoms with Gasteiger partial charge in [-0.3, -0.25) is 14.4 Å². The molecule has 3 N–H and O–H groups in total. The normalized spacial score (nSPS) is 16.3. The molecule has 0 radical (unpaired) electrons. The number of nitrogens with zero attached hydrogens (tertiary/aromatic N) is 3. The summed E-state index contributed by atoms with van der Waals surface area (Å²) in [6.07, 6.45) is 1.26. The molecule has 3 amide bonds. The van der Waals surface area contributed by atoms with Crippen molar-refractivity contribution in [2.45, 2.75) is 32.0 Å². The fourth-order valence-electron chi connectivity index (χ4n) is 4.96. The number of aromatic nitrogens is 2. The second kappa shape index (κ2) is 12.0. The van der Waals surface area contributed by atoms with Gasteiger partial charge in [-0.1, -0.05) is 48.0 Å². The average molecular weight is 590 g/mol. The first-order chi connectivity index (χ1) is 20.1. The Morgan fingerprint density at radius 1 is 1.02 bits per heavy atom. The number of nitrogens with one attached hydrogen (secondary N) is 1. The van der Waals surface area contributed by atoms with Crippen LogP contribution in [-0.4, -0.2) is 51.3 Å². The van der Waals surface area contributed by atoms with Crippen LogP contribution in [-0.2, 0) is 16.0 Å². The summed E-state index contributed by atoms with van der Waals surface area (Å²) in [5.41, 5.74) is 7.83. The first-order valence-electron chi connectivity index (χ1n) is 13.1. The Morgan fingerprint density at radius 3 is 2.45 bits per heavy atom. The van der Waals surface area contributed by atoms with Gasteiger partial charge in [-0.25, -0.2) is 18.7 Å². The number of nitrogens with two attached hydrogens (primary N) is 1. The fourth-order valence-corrected chi connectivity index (χ4v) is 5.20. The van der Waals surface area contributed by atoms with Crippen molar-refractivity contribution in [3.63, 3.8) is 0 Å². The van der Waals surface area contributed by atoms with Crippen LogP contribution in [0.25, 0.3) is 22.3 Å². The summed E-state index contributed by atoms with van der Waals surface area (Å²) in [6, 6.07) is 14.8. The van der Waals surface area contributed by atoms with Crippen molar-refractivity contribution in [2.75, 3.05) is 11.9 Å². The quantitative estimate of drug-likeness (QED) is 0.310. The summed E-state index contributed by atoms with van der Waals surface area (Å²) in [6.45, 7) is 1.44. The molecule has 214 valence electrons. The number of rotatable bonds is 7. The molecular formula is C31H26ClF2N5O3. The Morgan fingerprint density at radius 2 is 1.74 bits per heavy atom. The number of carbonyl (C=O) groups excluding carboxylic acids is 3. The third kappa shape index (κ3) is 6.13. The fraction of sp³-hybridized carbons (Fsp3) is 0.194. The molecule has 1 fully saturated rings. The molecule has 1 aromatic heterocycles. The number of primary amides is 1.